The van der Waals surface area contributed by atoms with Gasteiger partial charge in [0.1, 0.15) is 0 Å². The fraction of sp³-hybridized carbons (Fsp3) is 0.478. The highest BCUT2D eigenvalue weighted by atomic mass is 16.5. The molecule has 2 saturated heterocycles. The SMILES string of the molecule is Cc1cc(N2CCCC2)ccc1NC(=O)COC(=O)C1CCN(c2ncccn2)CC1. The number of carbonyl (C=O) groups is 2. The minimum Gasteiger partial charge on any atom is -0.455 e. The monoisotopic (exact) mass is 423 g/mol. The van der Waals surface area contributed by atoms with Gasteiger partial charge < -0.3 is 19.9 Å². The van der Waals surface area contributed by atoms with Gasteiger partial charge in [0.15, 0.2) is 6.61 Å². The molecular weight excluding hydrogens is 394 g/mol. The van der Waals surface area contributed by atoms with E-state index >= 15 is 0 Å². The summed E-state index contributed by atoms with van der Waals surface area (Å²) >= 11 is 0. The maximum Gasteiger partial charge on any atom is 0.309 e. The van der Waals surface area contributed by atoms with Gasteiger partial charge >= 0.3 is 5.97 Å². The normalized spacial score (nSPS) is 16.9. The first-order valence-corrected chi connectivity index (χ1v) is 10.9. The maximum absolute atomic E-state index is 12.4. The molecule has 1 aromatic heterocycles. The van der Waals surface area contributed by atoms with Crippen molar-refractivity contribution in [3.63, 3.8) is 0 Å². The number of rotatable bonds is 6. The average Bonchev–Trinajstić information content (AvgIpc) is 3.34. The summed E-state index contributed by atoms with van der Waals surface area (Å²) in [6.07, 6.45) is 7.20. The van der Waals surface area contributed by atoms with Gasteiger partial charge in [0, 0.05) is 49.9 Å². The minimum atomic E-state index is -0.319. The maximum atomic E-state index is 12.4. The number of benzene rings is 1. The quantitative estimate of drug-likeness (QED) is 0.715. The number of anilines is 3. The Morgan fingerprint density at radius 3 is 2.45 bits per heavy atom. The van der Waals surface area contributed by atoms with Gasteiger partial charge in [0.25, 0.3) is 5.91 Å². The van der Waals surface area contributed by atoms with Crippen LogP contribution in [0.4, 0.5) is 17.3 Å². The third kappa shape index (κ3) is 5.31. The fourth-order valence-corrected chi connectivity index (χ4v) is 4.17. The molecule has 1 N–H and O–H groups in total. The van der Waals surface area contributed by atoms with E-state index < -0.39 is 0 Å². The molecule has 2 fully saturated rings. The molecule has 8 heteroatoms. The topological polar surface area (TPSA) is 87.7 Å². The molecule has 1 aromatic carbocycles. The fourth-order valence-electron chi connectivity index (χ4n) is 4.17. The van der Waals surface area contributed by atoms with E-state index in [0.29, 0.717) is 31.9 Å². The number of nitrogens with zero attached hydrogens (tertiary/aromatic N) is 4. The van der Waals surface area contributed by atoms with Crippen molar-refractivity contribution in [1.82, 2.24) is 9.97 Å². The molecule has 2 aliphatic rings. The van der Waals surface area contributed by atoms with Crippen LogP contribution in [0, 0.1) is 12.8 Å². The highest BCUT2D eigenvalue weighted by Crippen LogP contribution is 2.26. The smallest absolute Gasteiger partial charge is 0.309 e. The van der Waals surface area contributed by atoms with Crippen LogP contribution in [0.3, 0.4) is 0 Å². The van der Waals surface area contributed by atoms with Gasteiger partial charge in [-0.25, -0.2) is 9.97 Å². The molecule has 31 heavy (non-hydrogen) atoms. The van der Waals surface area contributed by atoms with Gasteiger partial charge in [-0.3, -0.25) is 9.59 Å². The van der Waals surface area contributed by atoms with Crippen molar-refractivity contribution in [2.24, 2.45) is 5.92 Å². The Bertz CT molecular complexity index is 907. The van der Waals surface area contributed by atoms with Crippen molar-refractivity contribution in [2.45, 2.75) is 32.6 Å². The van der Waals surface area contributed by atoms with Crippen LogP contribution in [-0.4, -0.2) is 54.6 Å². The summed E-state index contributed by atoms with van der Waals surface area (Å²) in [7, 11) is 0. The van der Waals surface area contributed by atoms with Crippen molar-refractivity contribution in [3.8, 4) is 0 Å². The van der Waals surface area contributed by atoms with E-state index in [9.17, 15) is 9.59 Å². The molecule has 0 radical (unpaired) electrons. The van der Waals surface area contributed by atoms with E-state index in [4.69, 9.17) is 4.74 Å². The van der Waals surface area contributed by atoms with Crippen molar-refractivity contribution in [1.29, 1.82) is 0 Å². The molecule has 8 nitrogen and oxygen atoms in total. The van der Waals surface area contributed by atoms with Crippen LogP contribution in [-0.2, 0) is 14.3 Å². The number of aromatic nitrogens is 2. The molecule has 164 valence electrons. The molecule has 0 bridgehead atoms. The molecule has 0 saturated carbocycles. The number of aryl methyl sites for hydroxylation is 1. The number of ether oxygens (including phenoxy) is 1. The van der Waals surface area contributed by atoms with Crippen molar-refractivity contribution in [3.05, 3.63) is 42.2 Å². The zero-order valence-electron chi connectivity index (χ0n) is 17.9. The summed E-state index contributed by atoms with van der Waals surface area (Å²) in [4.78, 5) is 37.6. The lowest BCUT2D eigenvalue weighted by Gasteiger charge is -2.30. The Kier molecular flexibility index (Phi) is 6.64. The minimum absolute atomic E-state index is 0.200. The van der Waals surface area contributed by atoms with Crippen molar-refractivity contribution >= 4 is 29.2 Å². The Labute approximate surface area is 182 Å². The summed E-state index contributed by atoms with van der Waals surface area (Å²) < 4.78 is 5.29. The number of amides is 1. The number of hydrogen-bond donors (Lipinski definition) is 1. The van der Waals surface area contributed by atoms with Gasteiger partial charge in [-0.15, -0.1) is 0 Å². The summed E-state index contributed by atoms with van der Waals surface area (Å²) in [5.74, 6) is -0.153. The average molecular weight is 424 g/mol. The Balaban J connectivity index is 1.22. The highest BCUT2D eigenvalue weighted by Gasteiger charge is 2.27. The van der Waals surface area contributed by atoms with Crippen LogP contribution >= 0.6 is 0 Å². The van der Waals surface area contributed by atoms with E-state index in [1.54, 1.807) is 18.5 Å². The number of hydrogen-bond acceptors (Lipinski definition) is 7. The Morgan fingerprint density at radius 1 is 1.06 bits per heavy atom. The van der Waals surface area contributed by atoms with Gasteiger partial charge in [-0.2, -0.15) is 0 Å². The van der Waals surface area contributed by atoms with Crippen LogP contribution in [0.1, 0.15) is 31.2 Å². The number of carbonyl (C=O) groups excluding carboxylic acids is 2. The molecule has 3 heterocycles. The van der Waals surface area contributed by atoms with E-state index in [0.717, 1.165) is 24.3 Å². The molecule has 4 rings (SSSR count). The van der Waals surface area contributed by atoms with E-state index in [1.165, 1.54) is 18.5 Å². The zero-order valence-corrected chi connectivity index (χ0v) is 17.9. The van der Waals surface area contributed by atoms with Crippen LogP contribution < -0.4 is 15.1 Å². The molecular formula is C23H29N5O3. The molecule has 1 amide bonds. The lowest BCUT2D eigenvalue weighted by atomic mass is 9.97. The Morgan fingerprint density at radius 2 is 1.77 bits per heavy atom. The first-order chi connectivity index (χ1) is 15.1. The van der Waals surface area contributed by atoms with Crippen LogP contribution in [0.25, 0.3) is 0 Å². The number of piperidine rings is 1. The third-order valence-electron chi connectivity index (χ3n) is 5.96. The van der Waals surface area contributed by atoms with Crippen molar-refractivity contribution < 1.29 is 14.3 Å². The predicted molar refractivity (Wildman–Crippen MR) is 119 cm³/mol. The highest BCUT2D eigenvalue weighted by molar-refractivity contribution is 5.93. The molecule has 2 aliphatic heterocycles. The van der Waals surface area contributed by atoms with Crippen LogP contribution in [0.2, 0.25) is 0 Å². The summed E-state index contributed by atoms with van der Waals surface area (Å²) in [6, 6.07) is 7.83. The molecule has 0 aliphatic carbocycles. The second kappa shape index (κ2) is 9.76. The molecule has 0 atom stereocenters. The van der Waals surface area contributed by atoms with Gasteiger partial charge in [-0.05, 0) is 62.4 Å². The third-order valence-corrected chi connectivity index (χ3v) is 5.96. The van der Waals surface area contributed by atoms with Crippen LogP contribution in [0.5, 0.6) is 0 Å². The second-order valence-corrected chi connectivity index (χ2v) is 8.16. The number of esters is 1. The second-order valence-electron chi connectivity index (χ2n) is 8.16. The lowest BCUT2D eigenvalue weighted by molar-refractivity contribution is -0.152. The van der Waals surface area contributed by atoms with Gasteiger partial charge in [0.2, 0.25) is 5.95 Å². The zero-order chi connectivity index (χ0) is 21.6. The first-order valence-electron chi connectivity index (χ1n) is 10.9. The molecule has 0 spiro atoms. The summed E-state index contributed by atoms with van der Waals surface area (Å²) in [6.45, 7) is 5.26. The van der Waals surface area contributed by atoms with Gasteiger partial charge in [-0.1, -0.05) is 0 Å². The number of nitrogens with one attached hydrogen (secondary N) is 1. The predicted octanol–water partition coefficient (Wildman–Crippen LogP) is 2.78. The standard InChI is InChI=1S/C23H29N5O3/c1-17-15-19(27-11-2-3-12-27)5-6-20(17)26-21(29)16-31-22(30)18-7-13-28(14-8-18)23-24-9-4-10-25-23/h4-6,9-10,15,18H,2-3,7-8,11-14,16H2,1H3,(H,26,29). The summed E-state index contributed by atoms with van der Waals surface area (Å²) in [5.41, 5.74) is 2.94. The molecule has 0 unspecified atom stereocenters. The lowest BCUT2D eigenvalue weighted by Crippen LogP contribution is -2.38. The largest absolute Gasteiger partial charge is 0.455 e. The van der Waals surface area contributed by atoms with Crippen LogP contribution in [0.15, 0.2) is 36.7 Å². The van der Waals surface area contributed by atoms with E-state index in [2.05, 4.69) is 31.2 Å². The molecule has 2 aromatic rings. The van der Waals surface area contributed by atoms with Crippen molar-refractivity contribution in [2.75, 3.05) is 47.9 Å². The first kappa shape index (κ1) is 21.1. The van der Waals surface area contributed by atoms with E-state index in [1.807, 2.05) is 19.1 Å². The summed E-state index contributed by atoms with van der Waals surface area (Å²) in [5, 5.41) is 2.86. The van der Waals surface area contributed by atoms with Gasteiger partial charge in [0.05, 0.1) is 5.92 Å². The Hall–Kier alpha value is -3.16. The van der Waals surface area contributed by atoms with E-state index in [-0.39, 0.29) is 24.4 Å².